The molecule has 14 heavy (non-hydrogen) atoms. The number of rotatable bonds is 3. The van der Waals surface area contributed by atoms with Gasteiger partial charge in [0.2, 0.25) is 0 Å². The van der Waals surface area contributed by atoms with Gasteiger partial charge in [-0.05, 0) is 23.6 Å². The lowest BCUT2D eigenvalue weighted by Gasteiger charge is -2.03. The zero-order valence-corrected chi connectivity index (χ0v) is 8.42. The van der Waals surface area contributed by atoms with E-state index in [1.54, 1.807) is 17.4 Å². The first kappa shape index (κ1) is 9.02. The fourth-order valence-corrected chi connectivity index (χ4v) is 1.79. The minimum absolute atomic E-state index is 0.543. The maximum absolute atomic E-state index is 5.56. The Morgan fingerprint density at radius 2 is 2.21 bits per heavy atom. The van der Waals surface area contributed by atoms with Crippen molar-refractivity contribution in [1.29, 1.82) is 0 Å². The summed E-state index contributed by atoms with van der Waals surface area (Å²) in [4.78, 5) is 5.43. The van der Waals surface area contributed by atoms with E-state index in [1.807, 2.05) is 18.2 Å². The molecule has 0 aromatic carbocycles. The van der Waals surface area contributed by atoms with Gasteiger partial charge in [-0.25, -0.2) is 4.98 Å². The number of pyridine rings is 1. The molecule has 2 heterocycles. The molecule has 0 spiro atoms. The molecule has 0 saturated heterocycles. The third-order valence-electron chi connectivity index (χ3n) is 1.79. The second-order valence-corrected chi connectivity index (χ2v) is 3.91. The molecule has 0 saturated carbocycles. The molecule has 0 atom stereocenters. The van der Waals surface area contributed by atoms with Crippen LogP contribution in [0.2, 0.25) is 0 Å². The van der Waals surface area contributed by atoms with Gasteiger partial charge in [-0.3, -0.25) is 0 Å². The van der Waals surface area contributed by atoms with Crippen molar-refractivity contribution in [2.45, 2.75) is 6.54 Å². The molecule has 2 aromatic heterocycles. The molecule has 3 nitrogen and oxygen atoms in total. The minimum atomic E-state index is 0.543. The molecule has 0 amide bonds. The van der Waals surface area contributed by atoms with E-state index in [2.05, 4.69) is 21.7 Å². The van der Waals surface area contributed by atoms with E-state index in [4.69, 9.17) is 5.73 Å². The highest BCUT2D eigenvalue weighted by atomic mass is 32.1. The van der Waals surface area contributed by atoms with Gasteiger partial charge in [0, 0.05) is 4.88 Å². The summed E-state index contributed by atoms with van der Waals surface area (Å²) >= 11 is 1.72. The van der Waals surface area contributed by atoms with Crippen LogP contribution in [0.25, 0.3) is 0 Å². The smallest absolute Gasteiger partial charge is 0.128 e. The third kappa shape index (κ3) is 2.23. The lowest BCUT2D eigenvalue weighted by atomic mass is 10.4. The summed E-state index contributed by atoms with van der Waals surface area (Å²) in [6.45, 7) is 0.800. The van der Waals surface area contributed by atoms with Crippen LogP contribution < -0.4 is 11.1 Å². The summed E-state index contributed by atoms with van der Waals surface area (Å²) in [6.07, 6.45) is 0. The summed E-state index contributed by atoms with van der Waals surface area (Å²) in [7, 11) is 0. The predicted molar refractivity (Wildman–Crippen MR) is 60.3 cm³/mol. The molecule has 0 aliphatic heterocycles. The fourth-order valence-electron chi connectivity index (χ4n) is 1.14. The van der Waals surface area contributed by atoms with Crippen molar-refractivity contribution in [3.8, 4) is 0 Å². The molecule has 0 aliphatic rings. The van der Waals surface area contributed by atoms with Gasteiger partial charge in [0.05, 0.1) is 6.54 Å². The van der Waals surface area contributed by atoms with Gasteiger partial charge in [0.1, 0.15) is 11.6 Å². The quantitative estimate of drug-likeness (QED) is 0.808. The standard InChI is InChI=1S/C10H11N3S/c11-9-4-1-5-10(13-9)12-7-8-3-2-6-14-8/h1-6H,7H2,(H3,11,12,13). The number of nitrogens with zero attached hydrogens (tertiary/aromatic N) is 1. The molecule has 3 N–H and O–H groups in total. The third-order valence-corrected chi connectivity index (χ3v) is 2.67. The molecule has 0 aliphatic carbocycles. The number of nitrogens with two attached hydrogens (primary N) is 1. The highest BCUT2D eigenvalue weighted by Gasteiger charge is 1.95. The lowest BCUT2D eigenvalue weighted by molar-refractivity contribution is 1.14. The zero-order valence-electron chi connectivity index (χ0n) is 7.60. The number of hydrogen-bond donors (Lipinski definition) is 2. The van der Waals surface area contributed by atoms with E-state index >= 15 is 0 Å². The second-order valence-electron chi connectivity index (χ2n) is 2.88. The number of hydrogen-bond acceptors (Lipinski definition) is 4. The molecular weight excluding hydrogens is 194 g/mol. The van der Waals surface area contributed by atoms with Gasteiger partial charge in [0.25, 0.3) is 0 Å². The van der Waals surface area contributed by atoms with Crippen molar-refractivity contribution < 1.29 is 0 Å². The maximum Gasteiger partial charge on any atom is 0.128 e. The number of thiophene rings is 1. The second kappa shape index (κ2) is 4.11. The van der Waals surface area contributed by atoms with Crippen LogP contribution in [0.5, 0.6) is 0 Å². The van der Waals surface area contributed by atoms with Crippen molar-refractivity contribution in [2.24, 2.45) is 0 Å². The normalized spacial score (nSPS) is 10.0. The first-order valence-electron chi connectivity index (χ1n) is 4.33. The van der Waals surface area contributed by atoms with Crippen LogP contribution in [0.15, 0.2) is 35.7 Å². The van der Waals surface area contributed by atoms with Crippen LogP contribution in [-0.4, -0.2) is 4.98 Å². The maximum atomic E-state index is 5.56. The van der Waals surface area contributed by atoms with Gasteiger partial charge in [-0.2, -0.15) is 0 Å². The molecule has 0 unspecified atom stereocenters. The molecule has 4 heteroatoms. The van der Waals surface area contributed by atoms with Crippen LogP contribution in [0.4, 0.5) is 11.6 Å². The van der Waals surface area contributed by atoms with E-state index < -0.39 is 0 Å². The summed E-state index contributed by atoms with van der Waals surface area (Å²) in [5, 5.41) is 5.27. The number of anilines is 2. The monoisotopic (exact) mass is 205 g/mol. The van der Waals surface area contributed by atoms with Crippen LogP contribution >= 0.6 is 11.3 Å². The Balaban J connectivity index is 1.98. The number of nitrogen functional groups attached to an aromatic ring is 1. The predicted octanol–water partition coefficient (Wildman–Crippen LogP) is 2.34. The largest absolute Gasteiger partial charge is 0.384 e. The van der Waals surface area contributed by atoms with Crippen LogP contribution in [0, 0.1) is 0 Å². The van der Waals surface area contributed by atoms with Crippen molar-refractivity contribution in [3.05, 3.63) is 40.6 Å². The van der Waals surface area contributed by atoms with Crippen molar-refractivity contribution in [2.75, 3.05) is 11.1 Å². The first-order valence-corrected chi connectivity index (χ1v) is 5.21. The van der Waals surface area contributed by atoms with E-state index in [0.717, 1.165) is 12.4 Å². The van der Waals surface area contributed by atoms with E-state index in [1.165, 1.54) is 4.88 Å². The zero-order chi connectivity index (χ0) is 9.80. The van der Waals surface area contributed by atoms with Crippen molar-refractivity contribution >= 4 is 23.0 Å². The average Bonchev–Trinajstić information content (AvgIpc) is 2.67. The Labute approximate surface area is 86.6 Å². The Morgan fingerprint density at radius 3 is 2.93 bits per heavy atom. The summed E-state index contributed by atoms with van der Waals surface area (Å²) in [5.41, 5.74) is 5.56. The highest BCUT2D eigenvalue weighted by Crippen LogP contribution is 2.11. The molecular formula is C10H11N3S. The van der Waals surface area contributed by atoms with Gasteiger partial charge in [-0.15, -0.1) is 11.3 Å². The number of aromatic nitrogens is 1. The molecule has 0 bridgehead atoms. The van der Waals surface area contributed by atoms with Gasteiger partial charge >= 0.3 is 0 Å². The fraction of sp³-hybridized carbons (Fsp3) is 0.100. The van der Waals surface area contributed by atoms with Gasteiger partial charge in [0.15, 0.2) is 0 Å². The average molecular weight is 205 g/mol. The van der Waals surface area contributed by atoms with Crippen LogP contribution in [-0.2, 0) is 6.54 Å². The van der Waals surface area contributed by atoms with Crippen LogP contribution in [0.3, 0.4) is 0 Å². The molecule has 0 fully saturated rings. The summed E-state index contributed by atoms with van der Waals surface area (Å²) in [5.74, 6) is 1.36. The Hall–Kier alpha value is -1.55. The van der Waals surface area contributed by atoms with E-state index in [0.29, 0.717) is 5.82 Å². The van der Waals surface area contributed by atoms with Gasteiger partial charge in [-0.1, -0.05) is 12.1 Å². The summed E-state index contributed by atoms with van der Waals surface area (Å²) in [6, 6.07) is 9.69. The molecule has 72 valence electrons. The summed E-state index contributed by atoms with van der Waals surface area (Å²) < 4.78 is 0. The molecule has 2 aromatic rings. The minimum Gasteiger partial charge on any atom is -0.384 e. The SMILES string of the molecule is Nc1cccc(NCc2cccs2)n1. The Morgan fingerprint density at radius 1 is 1.29 bits per heavy atom. The highest BCUT2D eigenvalue weighted by molar-refractivity contribution is 7.09. The molecule has 2 rings (SSSR count). The first-order chi connectivity index (χ1) is 6.84. The Kier molecular flexibility index (Phi) is 2.65. The van der Waals surface area contributed by atoms with Crippen molar-refractivity contribution in [1.82, 2.24) is 4.98 Å². The van der Waals surface area contributed by atoms with E-state index in [9.17, 15) is 0 Å². The topological polar surface area (TPSA) is 50.9 Å². The van der Waals surface area contributed by atoms with Crippen LogP contribution in [0.1, 0.15) is 4.88 Å². The van der Waals surface area contributed by atoms with Gasteiger partial charge < -0.3 is 11.1 Å². The number of nitrogens with one attached hydrogen (secondary N) is 1. The Bertz CT molecular complexity index is 398. The van der Waals surface area contributed by atoms with E-state index in [-0.39, 0.29) is 0 Å². The lowest BCUT2D eigenvalue weighted by Crippen LogP contribution is -2.01. The molecule has 0 radical (unpaired) electrons. The van der Waals surface area contributed by atoms with Crippen molar-refractivity contribution in [3.63, 3.8) is 0 Å².